The fourth-order valence-electron chi connectivity index (χ4n) is 4.10. The topological polar surface area (TPSA) is 67.9 Å². The summed E-state index contributed by atoms with van der Waals surface area (Å²) in [5, 5.41) is 0.700. The average molecular weight is 422 g/mol. The Balaban J connectivity index is 1.51. The first kappa shape index (κ1) is 22.0. The van der Waals surface area contributed by atoms with E-state index in [2.05, 4.69) is 15.8 Å². The number of amides is 2. The lowest BCUT2D eigenvalue weighted by Crippen LogP contribution is -2.47. The van der Waals surface area contributed by atoms with Crippen LogP contribution in [0.5, 0.6) is 0 Å². The minimum Gasteiger partial charge on any atom is -0.342 e. The van der Waals surface area contributed by atoms with Gasteiger partial charge in [0.2, 0.25) is 11.8 Å². The zero-order valence-electron chi connectivity index (χ0n) is 17.4. The van der Waals surface area contributed by atoms with Crippen LogP contribution < -0.4 is 10.9 Å². The second-order valence-corrected chi connectivity index (χ2v) is 8.14. The summed E-state index contributed by atoms with van der Waals surface area (Å²) in [4.78, 5) is 31.4. The van der Waals surface area contributed by atoms with Crippen LogP contribution in [0.4, 0.5) is 0 Å². The second-order valence-electron chi connectivity index (χ2n) is 7.71. The van der Waals surface area contributed by atoms with Crippen LogP contribution in [-0.2, 0) is 9.59 Å². The molecule has 2 fully saturated rings. The molecule has 2 amide bonds. The minimum absolute atomic E-state index is 0.0674. The first-order valence-electron chi connectivity index (χ1n) is 10.6. The Kier molecular flexibility index (Phi) is 7.89. The molecule has 2 aliphatic rings. The van der Waals surface area contributed by atoms with Gasteiger partial charge in [0, 0.05) is 50.3 Å². The zero-order valence-corrected chi connectivity index (χ0v) is 18.1. The first-order chi connectivity index (χ1) is 14.0. The Hall–Kier alpha value is -1.67. The number of nitrogens with zero attached hydrogens (tertiary/aromatic N) is 3. The lowest BCUT2D eigenvalue weighted by molar-refractivity contribution is -0.133. The predicted molar refractivity (Wildman–Crippen MR) is 114 cm³/mol. The summed E-state index contributed by atoms with van der Waals surface area (Å²) in [5.41, 5.74) is 7.47. The SMILES string of the molecule is CCN(CC)C(=O)CN1CCCN(C(=O)C2CC(c3cccc(Cl)c3)NN2)CC1. The lowest BCUT2D eigenvalue weighted by atomic mass is 10.0. The molecule has 7 nitrogen and oxygen atoms in total. The van der Waals surface area contributed by atoms with E-state index in [-0.39, 0.29) is 23.9 Å². The Labute approximate surface area is 178 Å². The van der Waals surface area contributed by atoms with Gasteiger partial charge in [0.15, 0.2) is 0 Å². The third-order valence-corrected chi connectivity index (χ3v) is 6.06. The summed E-state index contributed by atoms with van der Waals surface area (Å²) in [7, 11) is 0. The van der Waals surface area contributed by atoms with E-state index in [9.17, 15) is 9.59 Å². The van der Waals surface area contributed by atoms with Crippen LogP contribution in [-0.4, -0.2) is 78.4 Å². The van der Waals surface area contributed by atoms with Crippen LogP contribution in [0.25, 0.3) is 0 Å². The molecule has 2 aliphatic heterocycles. The molecule has 29 heavy (non-hydrogen) atoms. The summed E-state index contributed by atoms with van der Waals surface area (Å²) in [6, 6.07) is 7.56. The number of hydrazine groups is 1. The minimum atomic E-state index is -0.247. The molecule has 2 saturated heterocycles. The normalized spacial score (nSPS) is 23.1. The van der Waals surface area contributed by atoms with E-state index >= 15 is 0 Å². The summed E-state index contributed by atoms with van der Waals surface area (Å²) in [5.74, 6) is 0.291. The molecule has 2 N–H and O–H groups in total. The number of hydrogen-bond donors (Lipinski definition) is 2. The van der Waals surface area contributed by atoms with Gasteiger partial charge in [-0.3, -0.25) is 14.5 Å². The van der Waals surface area contributed by atoms with E-state index in [4.69, 9.17) is 11.6 Å². The number of likely N-dealkylation sites (N-methyl/N-ethyl adjacent to an activating group) is 1. The maximum absolute atomic E-state index is 13.0. The monoisotopic (exact) mass is 421 g/mol. The highest BCUT2D eigenvalue weighted by molar-refractivity contribution is 6.30. The third kappa shape index (κ3) is 5.69. The smallest absolute Gasteiger partial charge is 0.241 e. The molecule has 2 unspecified atom stereocenters. The number of halogens is 1. The molecule has 3 rings (SSSR count). The largest absolute Gasteiger partial charge is 0.342 e. The third-order valence-electron chi connectivity index (χ3n) is 5.83. The van der Waals surface area contributed by atoms with Gasteiger partial charge in [-0.1, -0.05) is 23.7 Å². The van der Waals surface area contributed by atoms with Crippen LogP contribution >= 0.6 is 11.6 Å². The molecule has 8 heteroatoms. The van der Waals surface area contributed by atoms with Crippen molar-refractivity contribution < 1.29 is 9.59 Å². The molecular formula is C21H32ClN5O2. The zero-order chi connectivity index (χ0) is 20.8. The molecule has 0 spiro atoms. The molecule has 2 heterocycles. The number of hydrogen-bond acceptors (Lipinski definition) is 5. The summed E-state index contributed by atoms with van der Waals surface area (Å²) in [6.45, 7) is 8.88. The van der Waals surface area contributed by atoms with Gasteiger partial charge < -0.3 is 9.80 Å². The Bertz CT molecular complexity index is 712. The molecule has 2 atom stereocenters. The van der Waals surface area contributed by atoms with Crippen molar-refractivity contribution in [3.8, 4) is 0 Å². The van der Waals surface area contributed by atoms with Crippen molar-refractivity contribution in [2.75, 3.05) is 45.8 Å². The van der Waals surface area contributed by atoms with E-state index in [0.717, 1.165) is 44.7 Å². The second kappa shape index (κ2) is 10.4. The van der Waals surface area contributed by atoms with E-state index in [1.165, 1.54) is 0 Å². The number of carbonyl (C=O) groups is 2. The standard InChI is InChI=1S/C21H32ClN5O2/c1-3-26(4-2)20(28)15-25-9-6-10-27(12-11-25)21(29)19-14-18(23-24-19)16-7-5-8-17(22)13-16/h5,7-8,13,18-19,23-24H,3-4,6,9-12,14-15H2,1-2H3. The van der Waals surface area contributed by atoms with E-state index in [1.54, 1.807) is 0 Å². The molecule has 0 aromatic heterocycles. The summed E-state index contributed by atoms with van der Waals surface area (Å²) >= 11 is 6.09. The van der Waals surface area contributed by atoms with Crippen LogP contribution in [0.2, 0.25) is 5.02 Å². The van der Waals surface area contributed by atoms with Crippen LogP contribution in [0, 0.1) is 0 Å². The van der Waals surface area contributed by atoms with Gasteiger partial charge in [0.25, 0.3) is 0 Å². The Morgan fingerprint density at radius 3 is 2.66 bits per heavy atom. The van der Waals surface area contributed by atoms with Crippen LogP contribution in [0.3, 0.4) is 0 Å². The quantitative estimate of drug-likeness (QED) is 0.731. The fraction of sp³-hybridized carbons (Fsp3) is 0.619. The maximum Gasteiger partial charge on any atom is 0.241 e. The Morgan fingerprint density at radius 1 is 1.14 bits per heavy atom. The lowest BCUT2D eigenvalue weighted by Gasteiger charge is -2.26. The van der Waals surface area contributed by atoms with Crippen LogP contribution in [0.15, 0.2) is 24.3 Å². The Morgan fingerprint density at radius 2 is 1.93 bits per heavy atom. The highest BCUT2D eigenvalue weighted by atomic mass is 35.5. The number of rotatable bonds is 6. The number of carbonyl (C=O) groups excluding carboxylic acids is 2. The maximum atomic E-state index is 13.0. The van der Waals surface area contributed by atoms with Gasteiger partial charge in [0.1, 0.15) is 6.04 Å². The van der Waals surface area contributed by atoms with Crippen molar-refractivity contribution in [3.63, 3.8) is 0 Å². The molecule has 0 bridgehead atoms. The van der Waals surface area contributed by atoms with Crippen molar-refractivity contribution in [2.24, 2.45) is 0 Å². The van der Waals surface area contributed by atoms with Crippen molar-refractivity contribution in [1.29, 1.82) is 0 Å². The molecule has 0 saturated carbocycles. The molecule has 160 valence electrons. The highest BCUT2D eigenvalue weighted by Gasteiger charge is 2.33. The van der Waals surface area contributed by atoms with Crippen molar-refractivity contribution in [2.45, 2.75) is 38.8 Å². The number of benzene rings is 1. The van der Waals surface area contributed by atoms with Gasteiger partial charge >= 0.3 is 0 Å². The number of nitrogens with one attached hydrogen (secondary N) is 2. The van der Waals surface area contributed by atoms with E-state index < -0.39 is 0 Å². The highest BCUT2D eigenvalue weighted by Crippen LogP contribution is 2.25. The van der Waals surface area contributed by atoms with Crippen molar-refractivity contribution >= 4 is 23.4 Å². The van der Waals surface area contributed by atoms with Crippen LogP contribution in [0.1, 0.15) is 38.3 Å². The molecule has 1 aromatic rings. The van der Waals surface area contributed by atoms with Gasteiger partial charge in [-0.15, -0.1) is 0 Å². The fourth-order valence-corrected chi connectivity index (χ4v) is 4.30. The molecule has 0 aliphatic carbocycles. The van der Waals surface area contributed by atoms with E-state index in [1.807, 2.05) is 47.9 Å². The molecular weight excluding hydrogens is 390 g/mol. The predicted octanol–water partition coefficient (Wildman–Crippen LogP) is 1.65. The summed E-state index contributed by atoms with van der Waals surface area (Å²) in [6.07, 6.45) is 1.58. The average Bonchev–Trinajstić information content (AvgIpc) is 3.10. The van der Waals surface area contributed by atoms with Crippen molar-refractivity contribution in [1.82, 2.24) is 25.6 Å². The van der Waals surface area contributed by atoms with Gasteiger partial charge in [-0.2, -0.15) is 0 Å². The van der Waals surface area contributed by atoms with Gasteiger partial charge in [0.05, 0.1) is 6.54 Å². The van der Waals surface area contributed by atoms with E-state index in [0.29, 0.717) is 24.5 Å². The van der Waals surface area contributed by atoms with Gasteiger partial charge in [-0.05, 0) is 44.4 Å². The molecule has 0 radical (unpaired) electrons. The summed E-state index contributed by atoms with van der Waals surface area (Å²) < 4.78 is 0. The first-order valence-corrected chi connectivity index (χ1v) is 10.9. The van der Waals surface area contributed by atoms with Crippen molar-refractivity contribution in [3.05, 3.63) is 34.9 Å². The van der Waals surface area contributed by atoms with Gasteiger partial charge in [-0.25, -0.2) is 10.9 Å². The molecule has 1 aromatic carbocycles.